The molecule has 0 aromatic carbocycles. The lowest BCUT2D eigenvalue weighted by Gasteiger charge is -2.18. The molecule has 0 heterocycles. The summed E-state index contributed by atoms with van der Waals surface area (Å²) in [6.45, 7) is 13.7. The van der Waals surface area contributed by atoms with E-state index in [2.05, 4.69) is 41.5 Å². The highest BCUT2D eigenvalue weighted by Gasteiger charge is 2.19. The lowest BCUT2D eigenvalue weighted by molar-refractivity contribution is -0.167. The van der Waals surface area contributed by atoms with Crippen molar-refractivity contribution >= 4 is 17.9 Å². The zero-order chi connectivity index (χ0) is 42.0. The van der Waals surface area contributed by atoms with Gasteiger partial charge in [-0.25, -0.2) is 0 Å². The van der Waals surface area contributed by atoms with Crippen molar-refractivity contribution in [1.29, 1.82) is 0 Å². The Kier molecular flexibility index (Phi) is 41.3. The van der Waals surface area contributed by atoms with E-state index in [1.807, 2.05) is 0 Å². The van der Waals surface area contributed by atoms with Gasteiger partial charge in [-0.2, -0.15) is 0 Å². The summed E-state index contributed by atoms with van der Waals surface area (Å²) >= 11 is 0. The molecule has 0 bridgehead atoms. The summed E-state index contributed by atoms with van der Waals surface area (Å²) in [6, 6.07) is 0. The minimum Gasteiger partial charge on any atom is -0.462 e. The summed E-state index contributed by atoms with van der Waals surface area (Å²) in [7, 11) is 0. The number of carbonyl (C=O) groups is 3. The molecule has 0 aromatic heterocycles. The van der Waals surface area contributed by atoms with Gasteiger partial charge in [0.2, 0.25) is 0 Å². The van der Waals surface area contributed by atoms with E-state index in [1.54, 1.807) is 0 Å². The normalized spacial score (nSPS) is 13.1. The van der Waals surface area contributed by atoms with Crippen molar-refractivity contribution < 1.29 is 28.6 Å². The molecule has 2 unspecified atom stereocenters. The van der Waals surface area contributed by atoms with Crippen LogP contribution in [0.1, 0.15) is 273 Å². The fraction of sp³-hybridized carbons (Fsp3) is 0.941. The zero-order valence-electron chi connectivity index (χ0n) is 39.1. The Morgan fingerprint density at radius 1 is 0.351 bits per heavy atom. The molecule has 6 nitrogen and oxygen atoms in total. The van der Waals surface area contributed by atoms with Crippen LogP contribution in [0.5, 0.6) is 0 Å². The first kappa shape index (κ1) is 55.4. The van der Waals surface area contributed by atoms with Crippen LogP contribution in [-0.4, -0.2) is 37.2 Å². The van der Waals surface area contributed by atoms with Crippen LogP contribution < -0.4 is 0 Å². The maximum absolute atomic E-state index is 12.7. The molecule has 0 rings (SSSR count). The van der Waals surface area contributed by atoms with E-state index >= 15 is 0 Å². The van der Waals surface area contributed by atoms with E-state index in [0.29, 0.717) is 19.3 Å². The molecule has 0 amide bonds. The van der Waals surface area contributed by atoms with Crippen LogP contribution in [0.2, 0.25) is 0 Å². The molecule has 0 aliphatic carbocycles. The Morgan fingerprint density at radius 2 is 0.614 bits per heavy atom. The molecule has 338 valence electrons. The Balaban J connectivity index is 4.23. The molecule has 0 aromatic rings. The summed E-state index contributed by atoms with van der Waals surface area (Å²) in [5, 5.41) is 0. The molecule has 0 fully saturated rings. The SMILES string of the molecule is CCC(C)CCCCCCCCC(=O)OC[C@@H](COC(=O)CCCCCCCCCCCCCCCCCCC(C)C)OC(=O)CCCCCCCCC(C)CC. The fourth-order valence-electron chi connectivity index (χ4n) is 7.52. The first-order valence-electron chi connectivity index (χ1n) is 25.2. The first-order valence-corrected chi connectivity index (χ1v) is 25.2. The minimum atomic E-state index is -0.763. The maximum atomic E-state index is 12.7. The molecule has 0 aliphatic rings. The van der Waals surface area contributed by atoms with Gasteiger partial charge < -0.3 is 14.2 Å². The monoisotopic (exact) mass is 807 g/mol. The molecule has 0 aliphatic heterocycles. The third kappa shape index (κ3) is 42.3. The van der Waals surface area contributed by atoms with E-state index in [0.717, 1.165) is 75.5 Å². The van der Waals surface area contributed by atoms with Crippen LogP contribution in [0.15, 0.2) is 0 Å². The van der Waals surface area contributed by atoms with Gasteiger partial charge in [0.05, 0.1) is 0 Å². The highest BCUT2D eigenvalue weighted by molar-refractivity contribution is 5.71. The van der Waals surface area contributed by atoms with Gasteiger partial charge in [0.1, 0.15) is 13.2 Å². The minimum absolute atomic E-state index is 0.0663. The van der Waals surface area contributed by atoms with Crippen molar-refractivity contribution in [2.75, 3.05) is 13.2 Å². The summed E-state index contributed by atoms with van der Waals surface area (Å²) < 4.78 is 16.8. The Morgan fingerprint density at radius 3 is 0.912 bits per heavy atom. The van der Waals surface area contributed by atoms with Gasteiger partial charge in [-0.1, -0.05) is 234 Å². The summed E-state index contributed by atoms with van der Waals surface area (Å²) in [5.74, 6) is 1.62. The predicted molar refractivity (Wildman–Crippen MR) is 243 cm³/mol. The van der Waals surface area contributed by atoms with E-state index in [4.69, 9.17) is 14.2 Å². The van der Waals surface area contributed by atoms with Crippen molar-refractivity contribution in [3.8, 4) is 0 Å². The van der Waals surface area contributed by atoms with Gasteiger partial charge >= 0.3 is 17.9 Å². The van der Waals surface area contributed by atoms with Gasteiger partial charge in [-0.3, -0.25) is 14.4 Å². The van der Waals surface area contributed by atoms with Crippen LogP contribution in [0.25, 0.3) is 0 Å². The number of rotatable bonds is 44. The molecule has 0 N–H and O–H groups in total. The van der Waals surface area contributed by atoms with Gasteiger partial charge in [0, 0.05) is 19.3 Å². The fourth-order valence-corrected chi connectivity index (χ4v) is 7.52. The van der Waals surface area contributed by atoms with Crippen LogP contribution in [0.3, 0.4) is 0 Å². The van der Waals surface area contributed by atoms with Crippen molar-refractivity contribution in [2.45, 2.75) is 279 Å². The van der Waals surface area contributed by atoms with Gasteiger partial charge in [0.15, 0.2) is 6.10 Å². The molecule has 57 heavy (non-hydrogen) atoms. The van der Waals surface area contributed by atoms with Gasteiger partial charge in [0.25, 0.3) is 0 Å². The highest BCUT2D eigenvalue weighted by atomic mass is 16.6. The lowest BCUT2D eigenvalue weighted by Crippen LogP contribution is -2.30. The van der Waals surface area contributed by atoms with Crippen LogP contribution in [0, 0.1) is 17.8 Å². The third-order valence-electron chi connectivity index (χ3n) is 12.1. The number of esters is 3. The second-order valence-electron chi connectivity index (χ2n) is 18.4. The smallest absolute Gasteiger partial charge is 0.306 e. The van der Waals surface area contributed by atoms with E-state index < -0.39 is 6.10 Å². The topological polar surface area (TPSA) is 78.9 Å². The molecule has 0 saturated carbocycles. The van der Waals surface area contributed by atoms with Crippen molar-refractivity contribution in [3.63, 3.8) is 0 Å². The summed E-state index contributed by atoms with van der Waals surface area (Å²) in [4.78, 5) is 37.8. The number of ether oxygens (including phenoxy) is 3. The largest absolute Gasteiger partial charge is 0.462 e. The molecule has 0 saturated heterocycles. The molecule has 0 radical (unpaired) electrons. The average molecular weight is 807 g/mol. The quantitative estimate of drug-likeness (QED) is 0.0347. The van der Waals surface area contributed by atoms with Crippen LogP contribution in [0.4, 0.5) is 0 Å². The number of unbranched alkanes of at least 4 members (excludes halogenated alkanes) is 25. The van der Waals surface area contributed by atoms with Crippen LogP contribution >= 0.6 is 0 Å². The number of carbonyl (C=O) groups excluding carboxylic acids is 3. The average Bonchev–Trinajstić information content (AvgIpc) is 3.19. The molecule has 3 atom stereocenters. The summed E-state index contributed by atoms with van der Waals surface area (Å²) in [5.41, 5.74) is 0. The van der Waals surface area contributed by atoms with E-state index in [-0.39, 0.29) is 31.1 Å². The summed E-state index contributed by atoms with van der Waals surface area (Å²) in [6.07, 6.45) is 41.0. The molecule has 6 heteroatoms. The predicted octanol–water partition coefficient (Wildman–Crippen LogP) is 16.0. The Bertz CT molecular complexity index is 887. The van der Waals surface area contributed by atoms with Gasteiger partial charge in [-0.15, -0.1) is 0 Å². The van der Waals surface area contributed by atoms with E-state index in [9.17, 15) is 14.4 Å². The lowest BCUT2D eigenvalue weighted by atomic mass is 10.00. The zero-order valence-corrected chi connectivity index (χ0v) is 39.1. The molecule has 0 spiro atoms. The maximum Gasteiger partial charge on any atom is 0.306 e. The first-order chi connectivity index (χ1) is 27.7. The molecular formula is C51H98O6. The second kappa shape index (κ2) is 42.5. The third-order valence-corrected chi connectivity index (χ3v) is 12.1. The highest BCUT2D eigenvalue weighted by Crippen LogP contribution is 2.18. The van der Waals surface area contributed by atoms with E-state index in [1.165, 1.54) is 154 Å². The second-order valence-corrected chi connectivity index (χ2v) is 18.4. The Labute approximate surface area is 355 Å². The van der Waals surface area contributed by atoms with Gasteiger partial charge in [-0.05, 0) is 37.0 Å². The number of hydrogen-bond acceptors (Lipinski definition) is 6. The van der Waals surface area contributed by atoms with Crippen molar-refractivity contribution in [3.05, 3.63) is 0 Å². The molecular weight excluding hydrogens is 709 g/mol. The van der Waals surface area contributed by atoms with Crippen LogP contribution in [-0.2, 0) is 28.6 Å². The van der Waals surface area contributed by atoms with Crippen molar-refractivity contribution in [2.24, 2.45) is 17.8 Å². The standard InChI is InChI=1S/C51H98O6/c1-7-46(5)38-32-26-21-23-29-35-41-50(53)56-44-48(57-51(54)42-36-30-24-22-27-33-39-47(6)8-2)43-55-49(52)40-34-28-20-18-16-14-12-10-9-11-13-15-17-19-25-31-37-45(3)4/h45-48H,7-44H2,1-6H3/t46?,47?,48-/m1/s1. The van der Waals surface area contributed by atoms with Crippen molar-refractivity contribution in [1.82, 2.24) is 0 Å². The number of hydrogen-bond donors (Lipinski definition) is 0. The Hall–Kier alpha value is -1.59.